The zero-order valence-electron chi connectivity index (χ0n) is 18.9. The number of halogens is 1. The molecular weight excluding hydrogens is 486 g/mol. The van der Waals surface area contributed by atoms with Crippen molar-refractivity contribution in [2.24, 2.45) is 4.99 Å². The van der Waals surface area contributed by atoms with Gasteiger partial charge >= 0.3 is 11.9 Å². The molecule has 36 heavy (non-hydrogen) atoms. The summed E-state index contributed by atoms with van der Waals surface area (Å²) in [5, 5.41) is 0.607. The summed E-state index contributed by atoms with van der Waals surface area (Å²) in [7, 11) is 1.45. The number of cyclic esters (lactones) is 1. The molecule has 0 bridgehead atoms. The minimum atomic E-state index is -0.593. The van der Waals surface area contributed by atoms with Gasteiger partial charge in [-0.1, -0.05) is 29.8 Å². The van der Waals surface area contributed by atoms with Crippen LogP contribution in [0, 0.1) is 0 Å². The Morgan fingerprint density at radius 2 is 1.75 bits per heavy atom. The molecule has 0 saturated heterocycles. The second-order valence-electron chi connectivity index (χ2n) is 7.62. The van der Waals surface area contributed by atoms with Gasteiger partial charge in [-0.3, -0.25) is 0 Å². The largest absolute Gasteiger partial charge is 0.493 e. The van der Waals surface area contributed by atoms with Crippen molar-refractivity contribution in [1.29, 1.82) is 0 Å². The first kappa shape index (κ1) is 23.2. The van der Waals surface area contributed by atoms with Crippen molar-refractivity contribution in [3.8, 4) is 23.0 Å². The molecule has 0 amide bonds. The number of carbonyl (C=O) groups excluding carboxylic acids is 2. The van der Waals surface area contributed by atoms with Crippen molar-refractivity contribution >= 4 is 41.6 Å². The summed E-state index contributed by atoms with van der Waals surface area (Å²) in [6.07, 6.45) is 4.47. The number of methoxy groups -OCH3 is 1. The molecule has 0 fully saturated rings. The first-order valence-corrected chi connectivity index (χ1v) is 11.1. The molecule has 9 heteroatoms. The summed E-state index contributed by atoms with van der Waals surface area (Å²) in [5.74, 6) is 0.702. The van der Waals surface area contributed by atoms with E-state index in [4.69, 9.17) is 35.3 Å². The Labute approximate surface area is 211 Å². The number of hydrogen-bond donors (Lipinski definition) is 0. The van der Waals surface area contributed by atoms with Crippen molar-refractivity contribution in [2.45, 2.75) is 0 Å². The lowest BCUT2D eigenvalue weighted by molar-refractivity contribution is -0.130. The minimum Gasteiger partial charge on any atom is -0.493 e. The van der Waals surface area contributed by atoms with Gasteiger partial charge in [0.2, 0.25) is 12.7 Å². The first-order chi connectivity index (χ1) is 17.5. The van der Waals surface area contributed by atoms with Crippen LogP contribution < -0.4 is 18.9 Å². The fourth-order valence-corrected chi connectivity index (χ4v) is 3.58. The van der Waals surface area contributed by atoms with Crippen molar-refractivity contribution in [1.82, 2.24) is 0 Å². The van der Waals surface area contributed by atoms with Crippen molar-refractivity contribution < 1.29 is 33.3 Å². The van der Waals surface area contributed by atoms with E-state index in [-0.39, 0.29) is 24.1 Å². The number of hydrogen-bond acceptors (Lipinski definition) is 8. The normalized spacial score (nSPS) is 15.2. The van der Waals surface area contributed by atoms with Gasteiger partial charge in [-0.25, -0.2) is 14.6 Å². The van der Waals surface area contributed by atoms with Gasteiger partial charge in [-0.05, 0) is 65.7 Å². The van der Waals surface area contributed by atoms with E-state index in [1.165, 1.54) is 13.2 Å². The predicted octanol–water partition coefficient (Wildman–Crippen LogP) is 5.04. The molecule has 180 valence electrons. The Morgan fingerprint density at radius 3 is 2.56 bits per heavy atom. The summed E-state index contributed by atoms with van der Waals surface area (Å²) in [5.41, 5.74) is 2.10. The zero-order valence-corrected chi connectivity index (χ0v) is 19.7. The van der Waals surface area contributed by atoms with Crippen LogP contribution in [-0.2, 0) is 14.3 Å². The maximum Gasteiger partial charge on any atom is 0.363 e. The monoisotopic (exact) mass is 503 g/mol. The van der Waals surface area contributed by atoms with Gasteiger partial charge < -0.3 is 23.7 Å². The molecule has 2 heterocycles. The molecule has 3 aromatic rings. The SMILES string of the molecule is COc1cc(/C=C2/N=C(c3ccc4c(c3)OCO4)OC2=O)ccc1OC(=O)/C=C/c1ccc(Cl)cc1. The molecule has 0 spiro atoms. The second kappa shape index (κ2) is 9.97. The fourth-order valence-electron chi connectivity index (χ4n) is 3.46. The smallest absolute Gasteiger partial charge is 0.363 e. The molecule has 0 aromatic heterocycles. The molecule has 0 radical (unpaired) electrons. The van der Waals surface area contributed by atoms with E-state index in [0.29, 0.717) is 33.4 Å². The molecule has 3 aromatic carbocycles. The predicted molar refractivity (Wildman–Crippen MR) is 132 cm³/mol. The number of carbonyl (C=O) groups is 2. The second-order valence-corrected chi connectivity index (χ2v) is 8.06. The standard InChI is InChI=1S/C27H18ClNO7/c1-32-23-13-17(4-9-22(23)35-25(30)11-5-16-2-7-19(28)8-3-16)12-20-27(31)36-26(29-20)18-6-10-21-24(14-18)34-15-33-21/h2-14H,15H2,1H3/b11-5+,20-12+. The summed E-state index contributed by atoms with van der Waals surface area (Å²) in [6.45, 7) is 0.141. The summed E-state index contributed by atoms with van der Waals surface area (Å²) in [6, 6.07) is 17.0. The number of nitrogens with zero attached hydrogens (tertiary/aromatic N) is 1. The van der Waals surface area contributed by atoms with Gasteiger partial charge in [-0.15, -0.1) is 0 Å². The Hall–Kier alpha value is -4.56. The summed E-state index contributed by atoms with van der Waals surface area (Å²) >= 11 is 5.87. The highest BCUT2D eigenvalue weighted by Gasteiger charge is 2.26. The van der Waals surface area contributed by atoms with E-state index in [2.05, 4.69) is 4.99 Å². The lowest BCUT2D eigenvalue weighted by atomic mass is 10.1. The molecule has 5 rings (SSSR count). The molecule has 0 N–H and O–H groups in total. The van der Waals surface area contributed by atoms with Crippen LogP contribution in [0.15, 0.2) is 77.4 Å². The first-order valence-electron chi connectivity index (χ1n) is 10.7. The van der Waals surface area contributed by atoms with Gasteiger partial charge in [0.25, 0.3) is 0 Å². The average Bonchev–Trinajstić information content (AvgIpc) is 3.50. The van der Waals surface area contributed by atoms with Gasteiger partial charge in [0.15, 0.2) is 28.7 Å². The van der Waals surface area contributed by atoms with Crippen LogP contribution in [0.4, 0.5) is 0 Å². The quantitative estimate of drug-likeness (QED) is 0.264. The molecule has 0 unspecified atom stereocenters. The van der Waals surface area contributed by atoms with Crippen molar-refractivity contribution in [2.75, 3.05) is 13.9 Å². The highest BCUT2D eigenvalue weighted by atomic mass is 35.5. The number of esters is 2. The Bertz CT molecular complexity index is 1440. The van der Waals surface area contributed by atoms with E-state index in [0.717, 1.165) is 5.56 Å². The van der Waals surface area contributed by atoms with E-state index >= 15 is 0 Å². The topological polar surface area (TPSA) is 92.7 Å². The van der Waals surface area contributed by atoms with Crippen LogP contribution in [0.3, 0.4) is 0 Å². The lowest BCUT2D eigenvalue weighted by Crippen LogP contribution is -2.05. The number of aliphatic imine (C=N–C) groups is 1. The summed E-state index contributed by atoms with van der Waals surface area (Å²) < 4.78 is 26.8. The minimum absolute atomic E-state index is 0.111. The lowest BCUT2D eigenvalue weighted by Gasteiger charge is -2.08. The van der Waals surface area contributed by atoms with Crippen LogP contribution >= 0.6 is 11.6 Å². The molecule has 0 atom stereocenters. The van der Waals surface area contributed by atoms with Crippen LogP contribution in [0.5, 0.6) is 23.0 Å². The van der Waals surface area contributed by atoms with Crippen LogP contribution in [0.25, 0.3) is 12.2 Å². The van der Waals surface area contributed by atoms with E-state index < -0.39 is 11.9 Å². The van der Waals surface area contributed by atoms with Crippen LogP contribution in [0.2, 0.25) is 5.02 Å². The Balaban J connectivity index is 1.31. The number of ether oxygens (including phenoxy) is 5. The third-order valence-electron chi connectivity index (χ3n) is 5.22. The maximum absolute atomic E-state index is 12.4. The highest BCUT2D eigenvalue weighted by Crippen LogP contribution is 2.34. The summed E-state index contributed by atoms with van der Waals surface area (Å²) in [4.78, 5) is 29.0. The zero-order chi connectivity index (χ0) is 25.1. The number of rotatable bonds is 6. The third-order valence-corrected chi connectivity index (χ3v) is 5.48. The average molecular weight is 504 g/mol. The van der Waals surface area contributed by atoms with Crippen molar-refractivity contribution in [3.05, 3.63) is 94.1 Å². The fraction of sp³-hybridized carbons (Fsp3) is 0.0741. The molecule has 0 aliphatic carbocycles. The van der Waals surface area contributed by atoms with Gasteiger partial charge in [0, 0.05) is 16.7 Å². The van der Waals surface area contributed by atoms with E-state index in [1.807, 2.05) is 0 Å². The van der Waals surface area contributed by atoms with Crippen molar-refractivity contribution in [3.63, 3.8) is 0 Å². The maximum atomic E-state index is 12.4. The molecular formula is C27H18ClNO7. The Kier molecular flexibility index (Phi) is 6.42. The number of benzene rings is 3. The van der Waals surface area contributed by atoms with Crippen LogP contribution in [-0.4, -0.2) is 31.7 Å². The molecule has 8 nitrogen and oxygen atoms in total. The van der Waals surface area contributed by atoms with Gasteiger partial charge in [0.1, 0.15) is 0 Å². The molecule has 2 aliphatic heterocycles. The number of fused-ring (bicyclic) bond motifs is 1. The molecule has 0 saturated carbocycles. The highest BCUT2D eigenvalue weighted by molar-refractivity contribution is 6.30. The van der Waals surface area contributed by atoms with E-state index in [1.54, 1.807) is 72.8 Å². The van der Waals surface area contributed by atoms with Crippen LogP contribution in [0.1, 0.15) is 16.7 Å². The van der Waals surface area contributed by atoms with Gasteiger partial charge in [0.05, 0.1) is 7.11 Å². The third kappa shape index (κ3) is 5.08. The Morgan fingerprint density at radius 1 is 0.972 bits per heavy atom. The molecule has 2 aliphatic rings. The van der Waals surface area contributed by atoms with Gasteiger partial charge in [-0.2, -0.15) is 0 Å². The van der Waals surface area contributed by atoms with E-state index in [9.17, 15) is 9.59 Å².